The Balaban J connectivity index is 2.11. The molecule has 6 heteroatoms. The highest BCUT2D eigenvalue weighted by molar-refractivity contribution is 6.31. The first kappa shape index (κ1) is 14.8. The van der Waals surface area contributed by atoms with Gasteiger partial charge in [0.1, 0.15) is 11.6 Å². The fourth-order valence-electron chi connectivity index (χ4n) is 1.64. The van der Waals surface area contributed by atoms with Crippen LogP contribution in [0, 0.1) is 11.6 Å². The molecule has 0 aliphatic rings. The maximum absolute atomic E-state index is 13.5. The molecule has 2 rings (SSSR count). The molecule has 0 aromatic heterocycles. The molecule has 0 heterocycles. The molecule has 1 N–H and O–H groups in total. The average molecular weight is 316 g/mol. The van der Waals surface area contributed by atoms with Crippen LogP contribution < -0.4 is 5.32 Å². The summed E-state index contributed by atoms with van der Waals surface area (Å²) in [6.07, 6.45) is -0.222. The second kappa shape index (κ2) is 6.20. The Kier molecular flexibility index (Phi) is 4.57. The van der Waals surface area contributed by atoms with Crippen LogP contribution in [0.4, 0.5) is 14.5 Å². The highest BCUT2D eigenvalue weighted by Crippen LogP contribution is 2.22. The first-order chi connectivity index (χ1) is 9.47. The van der Waals surface area contributed by atoms with Gasteiger partial charge in [0.2, 0.25) is 5.91 Å². The molecule has 2 aromatic rings. The van der Waals surface area contributed by atoms with Crippen LogP contribution in [-0.4, -0.2) is 5.91 Å². The summed E-state index contributed by atoms with van der Waals surface area (Å²) in [4.78, 5) is 11.8. The summed E-state index contributed by atoms with van der Waals surface area (Å²) < 4.78 is 26.5. The zero-order valence-electron chi connectivity index (χ0n) is 10.1. The van der Waals surface area contributed by atoms with Crippen molar-refractivity contribution in [3.8, 4) is 0 Å². The van der Waals surface area contributed by atoms with Gasteiger partial charge >= 0.3 is 0 Å². The maximum atomic E-state index is 13.5. The Hall–Kier alpha value is -1.65. The number of rotatable bonds is 3. The Morgan fingerprint density at radius 2 is 1.80 bits per heavy atom. The van der Waals surface area contributed by atoms with Gasteiger partial charge in [-0.1, -0.05) is 29.3 Å². The van der Waals surface area contributed by atoms with Gasteiger partial charge in [-0.25, -0.2) is 8.78 Å². The predicted octanol–water partition coefficient (Wildman–Crippen LogP) is 4.45. The summed E-state index contributed by atoms with van der Waals surface area (Å²) in [5.41, 5.74) is 0.439. The molecule has 2 aromatic carbocycles. The normalized spacial score (nSPS) is 10.4. The third-order valence-corrected chi connectivity index (χ3v) is 3.25. The minimum atomic E-state index is -0.582. The van der Waals surface area contributed by atoms with E-state index in [9.17, 15) is 13.6 Å². The van der Waals surface area contributed by atoms with Gasteiger partial charge in [0.15, 0.2) is 0 Å². The lowest BCUT2D eigenvalue weighted by molar-refractivity contribution is -0.115. The van der Waals surface area contributed by atoms with Gasteiger partial charge in [0, 0.05) is 16.3 Å². The van der Waals surface area contributed by atoms with Crippen molar-refractivity contribution in [2.45, 2.75) is 6.42 Å². The smallest absolute Gasteiger partial charge is 0.228 e. The van der Waals surface area contributed by atoms with Gasteiger partial charge in [-0.2, -0.15) is 0 Å². The number of carbonyl (C=O) groups is 1. The maximum Gasteiger partial charge on any atom is 0.228 e. The molecular weight excluding hydrogens is 307 g/mol. The number of hydrogen-bond donors (Lipinski definition) is 1. The monoisotopic (exact) mass is 315 g/mol. The van der Waals surface area contributed by atoms with Gasteiger partial charge in [0.25, 0.3) is 0 Å². The van der Waals surface area contributed by atoms with Crippen LogP contribution >= 0.6 is 23.2 Å². The average Bonchev–Trinajstić information content (AvgIpc) is 2.38. The molecular formula is C14H9Cl2F2NO. The number of amides is 1. The third-order valence-electron chi connectivity index (χ3n) is 2.60. The molecule has 0 saturated heterocycles. The molecule has 20 heavy (non-hydrogen) atoms. The summed E-state index contributed by atoms with van der Waals surface area (Å²) in [7, 11) is 0. The molecule has 0 fully saturated rings. The molecule has 0 aliphatic carbocycles. The Morgan fingerprint density at radius 3 is 2.45 bits per heavy atom. The number of halogens is 4. The van der Waals surface area contributed by atoms with Gasteiger partial charge < -0.3 is 5.32 Å². The molecule has 0 atom stereocenters. The van der Waals surface area contributed by atoms with E-state index in [0.29, 0.717) is 5.69 Å². The lowest BCUT2D eigenvalue weighted by atomic mass is 10.1. The van der Waals surface area contributed by atoms with Crippen LogP contribution in [-0.2, 0) is 11.2 Å². The van der Waals surface area contributed by atoms with Gasteiger partial charge in [-0.05, 0) is 30.3 Å². The lowest BCUT2D eigenvalue weighted by Gasteiger charge is -2.08. The summed E-state index contributed by atoms with van der Waals surface area (Å²) >= 11 is 11.4. The van der Waals surface area contributed by atoms with Crippen molar-refractivity contribution >= 4 is 34.8 Å². The van der Waals surface area contributed by atoms with E-state index in [4.69, 9.17) is 23.2 Å². The van der Waals surface area contributed by atoms with Crippen molar-refractivity contribution in [2.75, 3.05) is 5.32 Å². The Morgan fingerprint density at radius 1 is 1.05 bits per heavy atom. The molecule has 0 aliphatic heterocycles. The van der Waals surface area contributed by atoms with Crippen LogP contribution in [0.2, 0.25) is 10.0 Å². The zero-order valence-corrected chi connectivity index (χ0v) is 11.6. The number of anilines is 1. The summed E-state index contributed by atoms with van der Waals surface area (Å²) in [6, 6.07) is 7.96. The summed E-state index contributed by atoms with van der Waals surface area (Å²) in [6.45, 7) is 0. The zero-order chi connectivity index (χ0) is 14.7. The van der Waals surface area contributed by atoms with Crippen LogP contribution in [0.3, 0.4) is 0 Å². The molecule has 0 spiro atoms. The van der Waals surface area contributed by atoms with Gasteiger partial charge in [-0.3, -0.25) is 4.79 Å². The first-order valence-electron chi connectivity index (χ1n) is 5.65. The second-order valence-corrected chi connectivity index (χ2v) is 4.87. The topological polar surface area (TPSA) is 29.1 Å². The van der Waals surface area contributed by atoms with Crippen LogP contribution in [0.5, 0.6) is 0 Å². The third kappa shape index (κ3) is 3.46. The molecule has 0 bridgehead atoms. The molecule has 0 saturated carbocycles. The minimum absolute atomic E-state index is 0.105. The summed E-state index contributed by atoms with van der Waals surface area (Å²) in [5.74, 6) is -1.61. The number of carbonyl (C=O) groups excluding carboxylic acids is 1. The molecule has 2 nitrogen and oxygen atoms in total. The fourth-order valence-corrected chi connectivity index (χ4v) is 2.05. The quantitative estimate of drug-likeness (QED) is 0.890. The summed E-state index contributed by atoms with van der Waals surface area (Å²) in [5, 5.41) is 2.57. The van der Waals surface area contributed by atoms with E-state index in [1.807, 2.05) is 0 Å². The van der Waals surface area contributed by atoms with Crippen molar-refractivity contribution in [1.82, 2.24) is 0 Å². The van der Waals surface area contributed by atoms with Crippen LogP contribution in [0.1, 0.15) is 5.56 Å². The van der Waals surface area contributed by atoms with E-state index in [1.54, 1.807) is 0 Å². The van der Waals surface area contributed by atoms with Crippen LogP contribution in [0.25, 0.3) is 0 Å². The van der Waals surface area contributed by atoms with E-state index in [-0.39, 0.29) is 22.0 Å². The van der Waals surface area contributed by atoms with Crippen molar-refractivity contribution in [3.63, 3.8) is 0 Å². The number of nitrogens with one attached hydrogen (secondary N) is 1. The van der Waals surface area contributed by atoms with E-state index in [0.717, 1.165) is 6.07 Å². The van der Waals surface area contributed by atoms with Crippen molar-refractivity contribution in [3.05, 3.63) is 63.6 Å². The molecule has 0 unspecified atom stereocenters. The lowest BCUT2D eigenvalue weighted by Crippen LogP contribution is -2.15. The molecule has 0 radical (unpaired) electrons. The highest BCUT2D eigenvalue weighted by Gasteiger charge is 2.12. The van der Waals surface area contributed by atoms with E-state index >= 15 is 0 Å². The highest BCUT2D eigenvalue weighted by atomic mass is 35.5. The van der Waals surface area contributed by atoms with Crippen LogP contribution in [0.15, 0.2) is 36.4 Å². The van der Waals surface area contributed by atoms with Gasteiger partial charge in [-0.15, -0.1) is 0 Å². The standard InChI is InChI=1S/C14H9Cl2F2NO/c15-10-2-1-3-12(17)9(10)7-14(20)19-8-4-5-13(18)11(16)6-8/h1-6H,7H2,(H,19,20). The van der Waals surface area contributed by atoms with Crippen molar-refractivity contribution in [1.29, 1.82) is 0 Å². The van der Waals surface area contributed by atoms with Crippen molar-refractivity contribution in [2.24, 2.45) is 0 Å². The predicted molar refractivity (Wildman–Crippen MR) is 75.2 cm³/mol. The van der Waals surface area contributed by atoms with E-state index < -0.39 is 17.5 Å². The van der Waals surface area contributed by atoms with E-state index in [2.05, 4.69) is 5.32 Å². The first-order valence-corrected chi connectivity index (χ1v) is 6.41. The SMILES string of the molecule is O=C(Cc1c(F)cccc1Cl)Nc1ccc(F)c(Cl)c1. The number of benzene rings is 2. The Bertz CT molecular complexity index is 641. The second-order valence-electron chi connectivity index (χ2n) is 4.05. The van der Waals surface area contributed by atoms with Crippen molar-refractivity contribution < 1.29 is 13.6 Å². The fraction of sp³-hybridized carbons (Fsp3) is 0.0714. The molecule has 104 valence electrons. The minimum Gasteiger partial charge on any atom is -0.326 e. The number of hydrogen-bond acceptors (Lipinski definition) is 1. The van der Waals surface area contributed by atoms with E-state index in [1.165, 1.54) is 30.3 Å². The molecule has 1 amide bonds. The Labute approximate surface area is 124 Å². The van der Waals surface area contributed by atoms with Gasteiger partial charge in [0.05, 0.1) is 11.4 Å². The largest absolute Gasteiger partial charge is 0.326 e.